The van der Waals surface area contributed by atoms with Crippen molar-refractivity contribution in [3.8, 4) is 17.2 Å². The van der Waals surface area contributed by atoms with E-state index in [4.69, 9.17) is 5.26 Å². The summed E-state index contributed by atoms with van der Waals surface area (Å²) >= 11 is 0. The topological polar surface area (TPSA) is 35.8 Å². The van der Waals surface area contributed by atoms with Crippen molar-refractivity contribution >= 4 is 0 Å². The van der Waals surface area contributed by atoms with Crippen molar-refractivity contribution in [2.45, 2.75) is 18.9 Å². The third-order valence-electron chi connectivity index (χ3n) is 3.31. The van der Waals surface area contributed by atoms with Crippen LogP contribution >= 0.6 is 0 Å². The minimum atomic E-state index is 0.254. The maximum absolute atomic E-state index is 8.67. The number of nitrogens with zero attached hydrogens (tertiary/aromatic N) is 1. The average Bonchev–Trinajstić information content (AvgIpc) is 2.49. The fourth-order valence-corrected chi connectivity index (χ4v) is 2.23. The number of nitrogens with one attached hydrogen (secondary N) is 1. The van der Waals surface area contributed by atoms with Crippen molar-refractivity contribution in [1.82, 2.24) is 5.32 Å². The third kappa shape index (κ3) is 3.43. The van der Waals surface area contributed by atoms with Crippen LogP contribution < -0.4 is 5.32 Å². The van der Waals surface area contributed by atoms with E-state index in [2.05, 4.69) is 47.8 Å². The maximum atomic E-state index is 8.67. The molecule has 0 fully saturated rings. The van der Waals surface area contributed by atoms with Crippen LogP contribution in [0.3, 0.4) is 0 Å². The molecular formula is C17H18N2. The molecule has 1 N–H and O–H groups in total. The second-order valence-electron chi connectivity index (χ2n) is 4.53. The van der Waals surface area contributed by atoms with E-state index in [9.17, 15) is 0 Å². The summed E-state index contributed by atoms with van der Waals surface area (Å²) in [7, 11) is 1.94. The molecule has 0 spiro atoms. The predicted octanol–water partition coefficient (Wildman–Crippen LogP) is 3.92. The van der Waals surface area contributed by atoms with Gasteiger partial charge in [-0.3, -0.25) is 0 Å². The number of rotatable bonds is 5. The van der Waals surface area contributed by atoms with E-state index < -0.39 is 0 Å². The van der Waals surface area contributed by atoms with Gasteiger partial charge in [-0.2, -0.15) is 5.26 Å². The molecule has 2 nitrogen and oxygen atoms in total. The van der Waals surface area contributed by atoms with E-state index in [1.54, 1.807) is 0 Å². The SMILES string of the molecule is CNC(CCC#N)c1ccc(-c2ccccc2)cc1. The van der Waals surface area contributed by atoms with Crippen LogP contribution in [0.15, 0.2) is 54.6 Å². The number of hydrogen-bond acceptors (Lipinski definition) is 2. The standard InChI is InChI=1S/C17H18N2/c1-19-17(8-5-13-18)16-11-9-15(10-12-16)14-6-3-2-4-7-14/h2-4,6-7,9-12,17,19H,5,8H2,1H3. The molecule has 0 saturated heterocycles. The number of nitriles is 1. The molecule has 0 aliphatic rings. The van der Waals surface area contributed by atoms with Crippen LogP contribution in [0.5, 0.6) is 0 Å². The number of hydrogen-bond donors (Lipinski definition) is 1. The van der Waals surface area contributed by atoms with Gasteiger partial charge in [0.05, 0.1) is 6.07 Å². The average molecular weight is 250 g/mol. The van der Waals surface area contributed by atoms with Crippen LogP contribution in [0.2, 0.25) is 0 Å². The van der Waals surface area contributed by atoms with Crippen LogP contribution in [0.4, 0.5) is 0 Å². The third-order valence-corrected chi connectivity index (χ3v) is 3.31. The molecule has 2 aromatic carbocycles. The lowest BCUT2D eigenvalue weighted by Gasteiger charge is -2.15. The minimum Gasteiger partial charge on any atom is -0.313 e. The summed E-state index contributed by atoms with van der Waals surface area (Å²) in [5.74, 6) is 0. The monoisotopic (exact) mass is 250 g/mol. The molecule has 2 rings (SSSR count). The first kappa shape index (κ1) is 13.3. The maximum Gasteiger partial charge on any atom is 0.0622 e. The molecule has 1 atom stereocenters. The summed E-state index contributed by atoms with van der Waals surface area (Å²) in [6, 6.07) is 21.4. The molecule has 2 heteroatoms. The van der Waals surface area contributed by atoms with Gasteiger partial charge in [0, 0.05) is 12.5 Å². The largest absolute Gasteiger partial charge is 0.313 e. The van der Waals surface area contributed by atoms with Gasteiger partial charge in [0.1, 0.15) is 0 Å². The summed E-state index contributed by atoms with van der Waals surface area (Å²) in [5, 5.41) is 11.9. The van der Waals surface area contributed by atoms with E-state index in [1.165, 1.54) is 16.7 Å². The predicted molar refractivity (Wildman–Crippen MR) is 78.5 cm³/mol. The summed E-state index contributed by atoms with van der Waals surface area (Å²) in [5.41, 5.74) is 3.68. The molecule has 0 saturated carbocycles. The lowest BCUT2D eigenvalue weighted by molar-refractivity contribution is 0.557. The molecule has 0 aromatic heterocycles. The first-order chi connectivity index (χ1) is 9.35. The van der Waals surface area contributed by atoms with Crippen molar-refractivity contribution in [2.24, 2.45) is 0 Å². The van der Waals surface area contributed by atoms with Gasteiger partial charge in [0.2, 0.25) is 0 Å². The normalized spacial score (nSPS) is 11.8. The Hall–Kier alpha value is -2.11. The van der Waals surface area contributed by atoms with Crippen LogP contribution in [0.1, 0.15) is 24.4 Å². The first-order valence-corrected chi connectivity index (χ1v) is 6.54. The van der Waals surface area contributed by atoms with E-state index in [0.29, 0.717) is 6.42 Å². The summed E-state index contributed by atoms with van der Waals surface area (Å²) in [4.78, 5) is 0. The zero-order valence-electron chi connectivity index (χ0n) is 11.1. The molecular weight excluding hydrogens is 232 g/mol. The highest BCUT2D eigenvalue weighted by Crippen LogP contribution is 2.23. The molecule has 1 unspecified atom stereocenters. The van der Waals surface area contributed by atoms with E-state index >= 15 is 0 Å². The van der Waals surface area contributed by atoms with Gasteiger partial charge in [-0.05, 0) is 30.2 Å². The van der Waals surface area contributed by atoms with E-state index in [0.717, 1.165) is 6.42 Å². The lowest BCUT2D eigenvalue weighted by atomic mass is 9.98. The Morgan fingerprint density at radius 3 is 2.21 bits per heavy atom. The second-order valence-corrected chi connectivity index (χ2v) is 4.53. The zero-order valence-corrected chi connectivity index (χ0v) is 11.1. The highest BCUT2D eigenvalue weighted by molar-refractivity contribution is 5.63. The van der Waals surface area contributed by atoms with Gasteiger partial charge < -0.3 is 5.32 Å². The molecule has 0 aliphatic carbocycles. The molecule has 2 aromatic rings. The summed E-state index contributed by atoms with van der Waals surface area (Å²) in [6.45, 7) is 0. The lowest BCUT2D eigenvalue weighted by Crippen LogP contribution is -2.15. The van der Waals surface area contributed by atoms with Crippen molar-refractivity contribution in [2.75, 3.05) is 7.05 Å². The van der Waals surface area contributed by atoms with Gasteiger partial charge in [0.25, 0.3) is 0 Å². The molecule has 19 heavy (non-hydrogen) atoms. The Morgan fingerprint density at radius 1 is 1.00 bits per heavy atom. The fraction of sp³-hybridized carbons (Fsp3) is 0.235. The zero-order chi connectivity index (χ0) is 13.5. The van der Waals surface area contributed by atoms with Crippen molar-refractivity contribution in [3.05, 3.63) is 60.2 Å². The highest BCUT2D eigenvalue weighted by Gasteiger charge is 2.08. The Morgan fingerprint density at radius 2 is 1.63 bits per heavy atom. The summed E-state index contributed by atoms with van der Waals surface area (Å²) in [6.07, 6.45) is 1.42. The smallest absolute Gasteiger partial charge is 0.0622 e. The van der Waals surface area contributed by atoms with E-state index in [-0.39, 0.29) is 6.04 Å². The van der Waals surface area contributed by atoms with Gasteiger partial charge in [-0.25, -0.2) is 0 Å². The van der Waals surface area contributed by atoms with Crippen LogP contribution in [0.25, 0.3) is 11.1 Å². The molecule has 0 amide bonds. The Labute approximate surface area is 114 Å². The molecule has 0 aliphatic heterocycles. The van der Waals surface area contributed by atoms with Crippen molar-refractivity contribution in [3.63, 3.8) is 0 Å². The van der Waals surface area contributed by atoms with Crippen LogP contribution in [0, 0.1) is 11.3 Å². The molecule has 96 valence electrons. The van der Waals surface area contributed by atoms with E-state index in [1.807, 2.05) is 25.2 Å². The van der Waals surface area contributed by atoms with Gasteiger partial charge in [0.15, 0.2) is 0 Å². The Kier molecular flexibility index (Phi) is 4.72. The molecule has 0 bridgehead atoms. The Bertz CT molecular complexity index is 538. The Balaban J connectivity index is 2.16. The van der Waals surface area contributed by atoms with Gasteiger partial charge in [-0.15, -0.1) is 0 Å². The fourth-order valence-electron chi connectivity index (χ4n) is 2.23. The molecule has 0 radical (unpaired) electrons. The summed E-state index contributed by atoms with van der Waals surface area (Å²) < 4.78 is 0. The van der Waals surface area contributed by atoms with Crippen LogP contribution in [-0.2, 0) is 0 Å². The quantitative estimate of drug-likeness (QED) is 0.873. The van der Waals surface area contributed by atoms with Crippen molar-refractivity contribution in [1.29, 1.82) is 5.26 Å². The second kappa shape index (κ2) is 6.72. The number of benzene rings is 2. The highest BCUT2D eigenvalue weighted by atomic mass is 14.9. The van der Waals surface area contributed by atoms with Crippen LogP contribution in [-0.4, -0.2) is 7.05 Å². The minimum absolute atomic E-state index is 0.254. The van der Waals surface area contributed by atoms with Crippen molar-refractivity contribution < 1.29 is 0 Å². The van der Waals surface area contributed by atoms with Gasteiger partial charge in [-0.1, -0.05) is 54.6 Å². The first-order valence-electron chi connectivity index (χ1n) is 6.54. The van der Waals surface area contributed by atoms with Gasteiger partial charge >= 0.3 is 0 Å². The molecule has 0 heterocycles.